The Morgan fingerprint density at radius 3 is 2.63 bits per heavy atom. The summed E-state index contributed by atoms with van der Waals surface area (Å²) >= 11 is 0. The molecule has 11 heteroatoms. The molecule has 2 atom stereocenters. The van der Waals surface area contributed by atoms with E-state index in [0.717, 1.165) is 47.3 Å². The van der Waals surface area contributed by atoms with E-state index in [0.29, 0.717) is 36.9 Å². The van der Waals surface area contributed by atoms with Crippen LogP contribution >= 0.6 is 0 Å². The van der Waals surface area contributed by atoms with Crippen molar-refractivity contribution in [2.75, 3.05) is 20.2 Å². The van der Waals surface area contributed by atoms with E-state index in [9.17, 15) is 27.9 Å². The number of nitrogens with zero attached hydrogens (tertiary/aromatic N) is 3. The van der Waals surface area contributed by atoms with Gasteiger partial charge in [-0.1, -0.05) is 6.07 Å². The molecule has 0 aliphatic carbocycles. The second-order valence-electron chi connectivity index (χ2n) is 10.1. The number of carboxylic acid groups (broad SMARTS) is 1. The summed E-state index contributed by atoms with van der Waals surface area (Å²) in [4.78, 5) is 35.3. The lowest BCUT2D eigenvalue weighted by Crippen LogP contribution is -2.58. The quantitative estimate of drug-likeness (QED) is 0.483. The molecule has 0 unspecified atom stereocenters. The average Bonchev–Trinajstić information content (AvgIpc) is 3.53. The minimum atomic E-state index is -4.89. The lowest BCUT2D eigenvalue weighted by atomic mass is 9.86. The number of pyridine rings is 1. The largest absolute Gasteiger partial charge is 0.465 e. The monoisotopic (exact) mass is 530 g/mol. The van der Waals surface area contributed by atoms with Crippen molar-refractivity contribution < 1.29 is 32.6 Å². The number of H-pyrrole nitrogens is 1. The number of carbonyl (C=O) groups excluding carboxylic acids is 1. The zero-order valence-corrected chi connectivity index (χ0v) is 21.4. The van der Waals surface area contributed by atoms with Crippen LogP contribution in [0, 0.1) is 6.92 Å². The Kier molecular flexibility index (Phi) is 6.37. The van der Waals surface area contributed by atoms with Gasteiger partial charge in [0.05, 0.1) is 6.04 Å². The molecule has 1 fully saturated rings. The number of carbonyl (C=O) groups is 2. The van der Waals surface area contributed by atoms with Crippen LogP contribution < -0.4 is 0 Å². The molecule has 1 saturated heterocycles. The summed E-state index contributed by atoms with van der Waals surface area (Å²) in [5.74, 6) is -1.16. The molecule has 4 heterocycles. The molecule has 3 aromatic rings. The number of alkyl halides is 3. The van der Waals surface area contributed by atoms with Crippen molar-refractivity contribution in [1.29, 1.82) is 0 Å². The number of amides is 2. The Hall–Kier alpha value is -3.60. The third kappa shape index (κ3) is 4.18. The Morgan fingerprint density at radius 2 is 1.95 bits per heavy atom. The molecule has 2 aliphatic rings. The molecular weight excluding hydrogens is 501 g/mol. The number of methoxy groups -OCH3 is 1. The van der Waals surface area contributed by atoms with E-state index in [1.54, 1.807) is 6.20 Å². The van der Waals surface area contributed by atoms with Gasteiger partial charge in [-0.15, -0.1) is 0 Å². The molecule has 0 spiro atoms. The zero-order valence-electron chi connectivity index (χ0n) is 21.4. The molecule has 8 nitrogen and oxygen atoms in total. The highest BCUT2D eigenvalue weighted by atomic mass is 19.4. The zero-order chi connectivity index (χ0) is 27.4. The highest BCUT2D eigenvalue weighted by molar-refractivity contribution is 5.87. The third-order valence-electron chi connectivity index (χ3n) is 7.95. The lowest BCUT2D eigenvalue weighted by Gasteiger charge is -2.38. The average molecular weight is 531 g/mol. The predicted molar refractivity (Wildman–Crippen MR) is 134 cm³/mol. The number of aryl methyl sites for hydroxylation is 1. The van der Waals surface area contributed by atoms with Gasteiger partial charge in [0.15, 0.2) is 0 Å². The molecule has 0 bridgehead atoms. The van der Waals surface area contributed by atoms with E-state index in [-0.39, 0.29) is 13.1 Å². The maximum Gasteiger partial charge on any atom is 0.426 e. The molecule has 2 N–H and O–H groups in total. The predicted octanol–water partition coefficient (Wildman–Crippen LogP) is 5.21. The maximum absolute atomic E-state index is 13.8. The number of nitrogens with one attached hydrogen (secondary N) is 1. The topological polar surface area (TPSA) is 98.8 Å². The molecule has 2 aliphatic heterocycles. The highest BCUT2D eigenvalue weighted by Crippen LogP contribution is 2.41. The normalized spacial score (nSPS) is 19.5. The van der Waals surface area contributed by atoms with Crippen LogP contribution in [0.15, 0.2) is 30.6 Å². The Bertz CT molecular complexity index is 1420. The van der Waals surface area contributed by atoms with Crippen molar-refractivity contribution in [2.24, 2.45) is 0 Å². The smallest absolute Gasteiger partial charge is 0.426 e. The molecular formula is C27H29F3N4O4. The molecule has 0 saturated carbocycles. The number of aromatic amines is 1. The molecule has 1 aromatic carbocycles. The van der Waals surface area contributed by atoms with Crippen molar-refractivity contribution in [1.82, 2.24) is 19.8 Å². The fourth-order valence-electron chi connectivity index (χ4n) is 5.57. The number of ether oxygens (including phenoxy) is 1. The summed E-state index contributed by atoms with van der Waals surface area (Å²) in [6, 6.07) is 5.45. The third-order valence-corrected chi connectivity index (χ3v) is 7.95. The standard InChI is InChI=1S/C27H29F3N4O4/c1-15-12-31-23-19(15)11-18(13-32-23)17-9-16-6-8-33(24(35)26(2,38-3)27(28,29)30)14-21(16)20(10-17)22-5-4-7-34(22)25(36)37/h9-13,22H,4-8,14H2,1-3H3,(H,31,32)(H,36,37)/t22-,26+/m0/s1. The van der Waals surface area contributed by atoms with Crippen molar-refractivity contribution in [3.05, 3.63) is 52.8 Å². The molecule has 38 heavy (non-hydrogen) atoms. The van der Waals surface area contributed by atoms with E-state index in [2.05, 4.69) is 14.7 Å². The summed E-state index contributed by atoms with van der Waals surface area (Å²) in [6.45, 7) is 3.12. The van der Waals surface area contributed by atoms with E-state index >= 15 is 0 Å². The second-order valence-corrected chi connectivity index (χ2v) is 10.1. The van der Waals surface area contributed by atoms with Gasteiger partial charge >= 0.3 is 12.3 Å². The number of hydrogen-bond donors (Lipinski definition) is 2. The second kappa shape index (κ2) is 9.30. The van der Waals surface area contributed by atoms with Crippen LogP contribution in [0.1, 0.15) is 48.1 Å². The summed E-state index contributed by atoms with van der Waals surface area (Å²) in [5, 5.41) is 10.8. The van der Waals surface area contributed by atoms with Crippen LogP contribution in [-0.4, -0.2) is 68.9 Å². The van der Waals surface area contributed by atoms with E-state index in [4.69, 9.17) is 0 Å². The minimum Gasteiger partial charge on any atom is -0.465 e. The summed E-state index contributed by atoms with van der Waals surface area (Å²) in [7, 11) is 0.876. The number of fused-ring (bicyclic) bond motifs is 2. The molecule has 2 aromatic heterocycles. The first-order valence-corrected chi connectivity index (χ1v) is 12.4. The van der Waals surface area contributed by atoms with Gasteiger partial charge in [-0.3, -0.25) is 4.79 Å². The molecule has 202 valence electrons. The van der Waals surface area contributed by atoms with Crippen LogP contribution in [0.3, 0.4) is 0 Å². The highest BCUT2D eigenvalue weighted by Gasteiger charge is 2.59. The van der Waals surface area contributed by atoms with Gasteiger partial charge in [0.2, 0.25) is 5.60 Å². The number of halogens is 3. The first-order valence-electron chi connectivity index (χ1n) is 12.4. The van der Waals surface area contributed by atoms with E-state index in [1.807, 2.05) is 31.3 Å². The van der Waals surface area contributed by atoms with Crippen LogP contribution in [0.25, 0.3) is 22.2 Å². The lowest BCUT2D eigenvalue weighted by molar-refractivity contribution is -0.258. The fraction of sp³-hybridized carbons (Fsp3) is 0.444. The van der Waals surface area contributed by atoms with Gasteiger partial charge in [0.25, 0.3) is 5.91 Å². The number of likely N-dealkylation sites (tertiary alicyclic amines) is 1. The van der Waals surface area contributed by atoms with Crippen molar-refractivity contribution in [2.45, 2.75) is 57.5 Å². The summed E-state index contributed by atoms with van der Waals surface area (Å²) in [6.07, 6.45) is -0.724. The Morgan fingerprint density at radius 1 is 1.18 bits per heavy atom. The van der Waals surface area contributed by atoms with Crippen LogP contribution in [0.2, 0.25) is 0 Å². The minimum absolute atomic E-state index is 0.0586. The van der Waals surface area contributed by atoms with Crippen molar-refractivity contribution >= 4 is 23.0 Å². The van der Waals surface area contributed by atoms with Crippen LogP contribution in [0.5, 0.6) is 0 Å². The van der Waals surface area contributed by atoms with Gasteiger partial charge in [-0.2, -0.15) is 13.2 Å². The number of benzene rings is 1. The number of rotatable bonds is 4. The Balaban J connectivity index is 1.60. The van der Waals surface area contributed by atoms with Gasteiger partial charge in [0.1, 0.15) is 5.65 Å². The maximum atomic E-state index is 13.8. The number of hydrogen-bond acceptors (Lipinski definition) is 4. The fourth-order valence-corrected chi connectivity index (χ4v) is 5.57. The van der Waals surface area contributed by atoms with Gasteiger partial charge < -0.3 is 24.6 Å². The molecule has 5 rings (SSSR count). The van der Waals surface area contributed by atoms with Gasteiger partial charge in [-0.05, 0) is 73.1 Å². The molecule has 2 amide bonds. The first kappa shape index (κ1) is 26.0. The summed E-state index contributed by atoms with van der Waals surface area (Å²) < 4.78 is 46.0. The van der Waals surface area contributed by atoms with Crippen molar-refractivity contribution in [3.8, 4) is 11.1 Å². The van der Waals surface area contributed by atoms with E-state index in [1.165, 1.54) is 9.80 Å². The Labute approximate surface area is 217 Å². The van der Waals surface area contributed by atoms with E-state index < -0.39 is 29.8 Å². The summed E-state index contributed by atoms with van der Waals surface area (Å²) in [5.41, 5.74) is 2.83. The SMILES string of the molecule is CO[C@](C)(C(=O)N1CCc2cc(-c3cnc4[nH]cc(C)c4c3)cc([C@@H]3CCCN3C(=O)O)c2C1)C(F)(F)F. The number of aromatic nitrogens is 2. The van der Waals surface area contributed by atoms with Gasteiger partial charge in [-0.25, -0.2) is 9.78 Å². The molecule has 0 radical (unpaired) electrons. The van der Waals surface area contributed by atoms with Crippen LogP contribution in [-0.2, 0) is 22.5 Å². The van der Waals surface area contributed by atoms with Gasteiger partial charge in [0, 0.05) is 50.1 Å². The van der Waals surface area contributed by atoms with Crippen molar-refractivity contribution in [3.63, 3.8) is 0 Å². The first-order chi connectivity index (χ1) is 17.9. The van der Waals surface area contributed by atoms with Crippen LogP contribution in [0.4, 0.5) is 18.0 Å².